The lowest BCUT2D eigenvalue weighted by atomic mass is 9.74. The van der Waals surface area contributed by atoms with Crippen molar-refractivity contribution < 1.29 is 33.8 Å². The first-order valence-electron chi connectivity index (χ1n) is 16.3. The SMILES string of the molecule is CCN(CC)c1ccc(N2C/C=C\CCC(=O)NC[C@@H](C)OC(=O)[C@@H]3[C@H]4O[C@@]5(C=C4Br)[C@H](C2=O)N([C@@H](CO)C(C)C)C(=O)[C@@H]35)cc1. The molecule has 2 N–H and O–H groups in total. The van der Waals surface area contributed by atoms with E-state index >= 15 is 4.79 Å². The van der Waals surface area contributed by atoms with Crippen molar-refractivity contribution >= 4 is 51.0 Å². The van der Waals surface area contributed by atoms with Crippen LogP contribution in [0, 0.1) is 17.8 Å². The number of allylic oxidation sites excluding steroid dienone is 1. The number of amides is 3. The van der Waals surface area contributed by atoms with Crippen LogP contribution >= 0.6 is 15.9 Å². The number of esters is 1. The molecule has 0 aliphatic carbocycles. The molecule has 4 aliphatic heterocycles. The molecule has 0 aromatic heterocycles. The normalized spacial score (nSPS) is 31.5. The fraction of sp³-hybridized carbons (Fsp3) is 0.588. The highest BCUT2D eigenvalue weighted by molar-refractivity contribution is 9.11. The first-order chi connectivity index (χ1) is 22.0. The van der Waals surface area contributed by atoms with Gasteiger partial charge in [0.25, 0.3) is 5.91 Å². The molecule has 12 heteroatoms. The molecule has 1 spiro atoms. The van der Waals surface area contributed by atoms with Crippen molar-refractivity contribution in [3.05, 3.63) is 47.0 Å². The number of aliphatic hydroxyl groups excluding tert-OH is 1. The number of benzene rings is 1. The van der Waals surface area contributed by atoms with Crippen LogP contribution in [0.15, 0.2) is 47.0 Å². The number of carbonyl (C=O) groups excluding carboxylic acids is 4. The first-order valence-corrected chi connectivity index (χ1v) is 17.1. The zero-order chi connectivity index (χ0) is 33.3. The number of cyclic esters (lactones) is 1. The van der Waals surface area contributed by atoms with Crippen molar-refractivity contribution in [2.24, 2.45) is 17.8 Å². The number of hydrogen-bond donors (Lipinski definition) is 2. The summed E-state index contributed by atoms with van der Waals surface area (Å²) in [6.45, 7) is 11.2. The number of likely N-dealkylation sites (tertiary alicyclic amines) is 1. The Hall–Kier alpha value is -3.22. The fourth-order valence-corrected chi connectivity index (χ4v) is 8.00. The van der Waals surface area contributed by atoms with E-state index in [4.69, 9.17) is 9.47 Å². The molecule has 0 saturated carbocycles. The standard InChI is InChI=1S/C34H45BrN4O7/c1-6-37(7-2)22-12-14-23(15-13-22)38-16-10-8-9-11-26(41)36-18-21(5)45-33(44)27-28-31(42)39(25(19-40)20(3)4)30(32(38)43)34(28)17-24(35)29(27)46-34/h8,10,12-15,17,20-21,25,27-30,40H,6-7,9,11,16,18-19H2,1-5H3,(H,36,41)/b10-8-/t21-,25+,27+,28-,29+,30+,34-/m1/s1. The molecule has 4 heterocycles. The molecular weight excluding hydrogens is 656 g/mol. The van der Waals surface area contributed by atoms with Gasteiger partial charge >= 0.3 is 5.97 Å². The molecule has 5 bridgehead atoms. The van der Waals surface area contributed by atoms with Gasteiger partial charge in [-0.15, -0.1) is 0 Å². The van der Waals surface area contributed by atoms with Crippen molar-refractivity contribution in [1.82, 2.24) is 10.2 Å². The second-order valence-corrected chi connectivity index (χ2v) is 13.7. The number of rotatable bonds is 7. The number of anilines is 2. The third-order valence-electron chi connectivity index (χ3n) is 9.64. The van der Waals surface area contributed by atoms with E-state index in [2.05, 4.69) is 40.0 Å². The second kappa shape index (κ2) is 13.9. The summed E-state index contributed by atoms with van der Waals surface area (Å²) < 4.78 is 12.9. The minimum absolute atomic E-state index is 0.123. The summed E-state index contributed by atoms with van der Waals surface area (Å²) in [6.07, 6.45) is 4.69. The topological polar surface area (TPSA) is 129 Å². The van der Waals surface area contributed by atoms with Gasteiger partial charge in [0.05, 0.1) is 25.1 Å². The van der Waals surface area contributed by atoms with Crippen LogP contribution in [0.4, 0.5) is 11.4 Å². The zero-order valence-electron chi connectivity index (χ0n) is 27.1. The van der Waals surface area contributed by atoms with E-state index in [-0.39, 0.29) is 37.9 Å². The zero-order valence-corrected chi connectivity index (χ0v) is 28.7. The highest BCUT2D eigenvalue weighted by atomic mass is 79.9. The highest BCUT2D eigenvalue weighted by Crippen LogP contribution is 2.59. The molecule has 0 radical (unpaired) electrons. The van der Waals surface area contributed by atoms with Crippen LogP contribution in [0.5, 0.6) is 0 Å². The average Bonchev–Trinajstić information content (AvgIpc) is 3.62. The smallest absolute Gasteiger partial charge is 0.313 e. The maximum atomic E-state index is 15.0. The molecule has 0 unspecified atom stereocenters. The maximum Gasteiger partial charge on any atom is 0.313 e. The summed E-state index contributed by atoms with van der Waals surface area (Å²) in [7, 11) is 0. The third kappa shape index (κ3) is 5.99. The number of nitrogens with zero attached hydrogens (tertiary/aromatic N) is 3. The largest absolute Gasteiger partial charge is 0.460 e. The van der Waals surface area contributed by atoms with Gasteiger partial charge in [-0.05, 0) is 63.5 Å². The van der Waals surface area contributed by atoms with Gasteiger partial charge in [-0.1, -0.05) is 41.9 Å². The van der Waals surface area contributed by atoms with Gasteiger partial charge in [0.15, 0.2) is 0 Å². The predicted molar refractivity (Wildman–Crippen MR) is 177 cm³/mol. The number of ether oxygens (including phenoxy) is 2. The summed E-state index contributed by atoms with van der Waals surface area (Å²) in [5, 5.41) is 13.4. The van der Waals surface area contributed by atoms with Gasteiger partial charge in [-0.2, -0.15) is 0 Å². The molecule has 3 amide bonds. The quantitative estimate of drug-likeness (QED) is 0.328. The van der Waals surface area contributed by atoms with E-state index in [1.165, 1.54) is 4.90 Å². The summed E-state index contributed by atoms with van der Waals surface area (Å²) >= 11 is 3.57. The van der Waals surface area contributed by atoms with Crippen molar-refractivity contribution in [3.8, 4) is 0 Å². The number of hydrogen-bond acceptors (Lipinski definition) is 8. The Bertz CT molecular complexity index is 1390. The van der Waals surface area contributed by atoms with Crippen molar-refractivity contribution in [1.29, 1.82) is 0 Å². The molecule has 7 atom stereocenters. The predicted octanol–water partition coefficient (Wildman–Crippen LogP) is 3.15. The summed E-state index contributed by atoms with van der Waals surface area (Å²) in [4.78, 5) is 61.1. The van der Waals surface area contributed by atoms with Crippen LogP contribution in [0.25, 0.3) is 0 Å². The number of nitrogens with one attached hydrogen (secondary N) is 1. The molecule has 4 aliphatic rings. The molecule has 5 rings (SSSR count). The van der Waals surface area contributed by atoms with Gasteiger partial charge in [0.2, 0.25) is 11.8 Å². The lowest BCUT2D eigenvalue weighted by molar-refractivity contribution is -0.159. The van der Waals surface area contributed by atoms with Gasteiger partial charge in [0.1, 0.15) is 29.8 Å². The van der Waals surface area contributed by atoms with E-state index in [0.29, 0.717) is 16.6 Å². The van der Waals surface area contributed by atoms with Crippen molar-refractivity contribution in [2.45, 2.75) is 77.4 Å². The van der Waals surface area contributed by atoms with Crippen LogP contribution in [-0.4, -0.2) is 96.4 Å². The van der Waals surface area contributed by atoms with Gasteiger partial charge in [-0.3, -0.25) is 19.2 Å². The third-order valence-corrected chi connectivity index (χ3v) is 10.3. The van der Waals surface area contributed by atoms with E-state index in [1.54, 1.807) is 17.9 Å². The van der Waals surface area contributed by atoms with Crippen LogP contribution < -0.4 is 15.1 Å². The molecule has 1 aromatic rings. The first kappa shape index (κ1) is 34.1. The van der Waals surface area contributed by atoms with Crippen LogP contribution in [0.2, 0.25) is 0 Å². The summed E-state index contributed by atoms with van der Waals surface area (Å²) in [6, 6.07) is 5.85. The van der Waals surface area contributed by atoms with Gasteiger partial charge in [-0.25, -0.2) is 0 Å². The van der Waals surface area contributed by atoms with E-state index in [9.17, 15) is 19.5 Å². The molecule has 1 aromatic carbocycles. The number of fused-ring (bicyclic) bond motifs is 2. The fourth-order valence-electron chi connectivity index (χ4n) is 7.26. The van der Waals surface area contributed by atoms with Gasteiger partial charge in [0, 0.05) is 41.9 Å². The van der Waals surface area contributed by atoms with Crippen molar-refractivity contribution in [2.75, 3.05) is 42.6 Å². The molecule has 2 fully saturated rings. The van der Waals surface area contributed by atoms with E-state index < -0.39 is 59.5 Å². The Morgan fingerprint density at radius 1 is 1.09 bits per heavy atom. The molecule has 46 heavy (non-hydrogen) atoms. The Morgan fingerprint density at radius 3 is 2.41 bits per heavy atom. The Balaban J connectivity index is 1.64. The average molecular weight is 702 g/mol. The summed E-state index contributed by atoms with van der Waals surface area (Å²) in [5.74, 6) is -3.89. The van der Waals surface area contributed by atoms with E-state index in [0.717, 1.165) is 18.8 Å². The molecule has 250 valence electrons. The number of halogens is 1. The highest BCUT2D eigenvalue weighted by Gasteiger charge is 2.75. The molecule has 2 saturated heterocycles. The van der Waals surface area contributed by atoms with Crippen LogP contribution in [0.3, 0.4) is 0 Å². The minimum atomic E-state index is -1.46. The molecular formula is C34H45BrN4O7. The minimum Gasteiger partial charge on any atom is -0.460 e. The molecule has 11 nitrogen and oxygen atoms in total. The lowest BCUT2D eigenvalue weighted by Gasteiger charge is -2.40. The number of carbonyl (C=O) groups is 4. The van der Waals surface area contributed by atoms with Crippen LogP contribution in [-0.2, 0) is 28.7 Å². The number of aliphatic hydroxyl groups is 1. The maximum absolute atomic E-state index is 15.0. The lowest BCUT2D eigenvalue weighted by Crippen LogP contribution is -2.59. The summed E-state index contributed by atoms with van der Waals surface area (Å²) in [5.41, 5.74) is 0.182. The van der Waals surface area contributed by atoms with Gasteiger partial charge < -0.3 is 34.6 Å². The Morgan fingerprint density at radius 2 is 1.78 bits per heavy atom. The van der Waals surface area contributed by atoms with Crippen molar-refractivity contribution in [3.63, 3.8) is 0 Å². The monoisotopic (exact) mass is 700 g/mol. The van der Waals surface area contributed by atoms with E-state index in [1.807, 2.05) is 50.3 Å². The second-order valence-electron chi connectivity index (χ2n) is 12.8. The Labute approximate surface area is 279 Å². The van der Waals surface area contributed by atoms with Crippen LogP contribution in [0.1, 0.15) is 47.5 Å². The Kier molecular flexibility index (Phi) is 10.3.